The minimum atomic E-state index is -0.314. The summed E-state index contributed by atoms with van der Waals surface area (Å²) in [5, 5.41) is 0. The SMILES string of the molecule is CCOC(=O)c1ccc(-c2cnc(COc3ccccc3)[nH]2)cc1. The van der Waals surface area contributed by atoms with Gasteiger partial charge in [-0.1, -0.05) is 30.3 Å². The van der Waals surface area contributed by atoms with Crippen LogP contribution in [0.4, 0.5) is 0 Å². The van der Waals surface area contributed by atoms with Gasteiger partial charge in [0.2, 0.25) is 0 Å². The minimum Gasteiger partial charge on any atom is -0.486 e. The van der Waals surface area contributed by atoms with E-state index in [1.54, 1.807) is 25.3 Å². The number of aromatic amines is 1. The number of esters is 1. The molecule has 1 N–H and O–H groups in total. The van der Waals surface area contributed by atoms with Gasteiger partial charge in [0.15, 0.2) is 0 Å². The average molecular weight is 322 g/mol. The van der Waals surface area contributed by atoms with Crippen LogP contribution >= 0.6 is 0 Å². The Labute approximate surface area is 140 Å². The molecular formula is C19H18N2O3. The maximum atomic E-state index is 11.7. The lowest BCUT2D eigenvalue weighted by Crippen LogP contribution is -2.04. The molecule has 5 heteroatoms. The number of imidazole rings is 1. The van der Waals surface area contributed by atoms with E-state index in [4.69, 9.17) is 9.47 Å². The molecule has 0 aliphatic rings. The summed E-state index contributed by atoms with van der Waals surface area (Å²) in [7, 11) is 0. The molecule has 5 nitrogen and oxygen atoms in total. The standard InChI is InChI=1S/C19H18N2O3/c1-2-23-19(22)15-10-8-14(9-11-15)17-12-20-18(21-17)13-24-16-6-4-3-5-7-16/h3-12H,2,13H2,1H3,(H,20,21). The van der Waals surface area contributed by atoms with Crippen LogP contribution in [0.5, 0.6) is 5.75 Å². The summed E-state index contributed by atoms with van der Waals surface area (Å²) < 4.78 is 10.6. The molecule has 0 aliphatic heterocycles. The van der Waals surface area contributed by atoms with Crippen molar-refractivity contribution < 1.29 is 14.3 Å². The number of hydrogen-bond donors (Lipinski definition) is 1. The molecule has 0 amide bonds. The van der Waals surface area contributed by atoms with Crippen LogP contribution in [0.25, 0.3) is 11.3 Å². The van der Waals surface area contributed by atoms with Crippen LogP contribution in [0, 0.1) is 0 Å². The molecule has 0 spiro atoms. The number of benzene rings is 2. The van der Waals surface area contributed by atoms with E-state index in [-0.39, 0.29) is 5.97 Å². The minimum absolute atomic E-state index is 0.314. The third-order valence-corrected chi connectivity index (χ3v) is 3.45. The highest BCUT2D eigenvalue weighted by atomic mass is 16.5. The highest BCUT2D eigenvalue weighted by Crippen LogP contribution is 2.19. The average Bonchev–Trinajstić information content (AvgIpc) is 3.10. The number of H-pyrrole nitrogens is 1. The summed E-state index contributed by atoms with van der Waals surface area (Å²) in [6.07, 6.45) is 1.75. The molecule has 0 bridgehead atoms. The van der Waals surface area contributed by atoms with Gasteiger partial charge in [-0.05, 0) is 36.8 Å². The summed E-state index contributed by atoms with van der Waals surface area (Å²) >= 11 is 0. The van der Waals surface area contributed by atoms with Gasteiger partial charge in [0, 0.05) is 0 Å². The first kappa shape index (κ1) is 15.8. The number of nitrogens with one attached hydrogen (secondary N) is 1. The third kappa shape index (κ3) is 3.81. The second kappa shape index (κ2) is 7.46. The molecule has 0 saturated heterocycles. The van der Waals surface area contributed by atoms with Gasteiger partial charge >= 0.3 is 5.97 Å². The molecule has 0 unspecified atom stereocenters. The summed E-state index contributed by atoms with van der Waals surface area (Å²) in [6, 6.07) is 16.8. The van der Waals surface area contributed by atoms with Crippen molar-refractivity contribution in [3.63, 3.8) is 0 Å². The molecule has 24 heavy (non-hydrogen) atoms. The Morgan fingerprint density at radius 2 is 1.83 bits per heavy atom. The second-order valence-electron chi connectivity index (χ2n) is 5.14. The molecule has 3 aromatic rings. The van der Waals surface area contributed by atoms with Gasteiger partial charge in [0.25, 0.3) is 0 Å². The summed E-state index contributed by atoms with van der Waals surface area (Å²) in [5.74, 6) is 1.23. The molecule has 1 heterocycles. The van der Waals surface area contributed by atoms with Crippen molar-refractivity contribution in [2.24, 2.45) is 0 Å². The number of hydrogen-bond acceptors (Lipinski definition) is 4. The topological polar surface area (TPSA) is 64.2 Å². The molecule has 0 aliphatic carbocycles. The quantitative estimate of drug-likeness (QED) is 0.701. The van der Waals surface area contributed by atoms with Gasteiger partial charge in [-0.3, -0.25) is 0 Å². The molecule has 0 fully saturated rings. The van der Waals surface area contributed by atoms with Crippen LogP contribution in [0.1, 0.15) is 23.1 Å². The zero-order valence-corrected chi connectivity index (χ0v) is 13.4. The zero-order valence-electron chi connectivity index (χ0n) is 13.4. The normalized spacial score (nSPS) is 10.4. The maximum absolute atomic E-state index is 11.7. The van der Waals surface area contributed by atoms with Crippen molar-refractivity contribution in [3.8, 4) is 17.0 Å². The number of nitrogens with zero attached hydrogens (tertiary/aromatic N) is 1. The van der Waals surface area contributed by atoms with E-state index in [0.29, 0.717) is 18.8 Å². The van der Waals surface area contributed by atoms with Crippen molar-refractivity contribution in [2.75, 3.05) is 6.61 Å². The van der Waals surface area contributed by atoms with Crippen molar-refractivity contribution in [1.29, 1.82) is 0 Å². The number of carbonyl (C=O) groups excluding carboxylic acids is 1. The zero-order chi connectivity index (χ0) is 16.8. The first-order valence-corrected chi connectivity index (χ1v) is 7.75. The van der Waals surface area contributed by atoms with Gasteiger partial charge in [0.05, 0.1) is 24.1 Å². The van der Waals surface area contributed by atoms with E-state index < -0.39 is 0 Å². The molecule has 0 saturated carbocycles. The predicted octanol–water partition coefficient (Wildman–Crippen LogP) is 3.83. The maximum Gasteiger partial charge on any atom is 0.338 e. The number of carbonyl (C=O) groups is 1. The Hall–Kier alpha value is -3.08. The highest BCUT2D eigenvalue weighted by molar-refractivity contribution is 5.89. The van der Waals surface area contributed by atoms with E-state index in [1.165, 1.54) is 0 Å². The van der Waals surface area contributed by atoms with Gasteiger partial charge < -0.3 is 14.5 Å². The first-order chi connectivity index (χ1) is 11.8. The van der Waals surface area contributed by atoms with Crippen LogP contribution in [0.2, 0.25) is 0 Å². The van der Waals surface area contributed by atoms with Gasteiger partial charge in [-0.2, -0.15) is 0 Å². The lowest BCUT2D eigenvalue weighted by molar-refractivity contribution is 0.0526. The Morgan fingerprint density at radius 1 is 1.08 bits per heavy atom. The largest absolute Gasteiger partial charge is 0.486 e. The van der Waals surface area contributed by atoms with Crippen molar-refractivity contribution >= 4 is 5.97 Å². The highest BCUT2D eigenvalue weighted by Gasteiger charge is 2.08. The fraction of sp³-hybridized carbons (Fsp3) is 0.158. The van der Waals surface area contributed by atoms with Crippen molar-refractivity contribution in [1.82, 2.24) is 9.97 Å². The van der Waals surface area contributed by atoms with Gasteiger partial charge in [0.1, 0.15) is 18.2 Å². The van der Waals surface area contributed by atoms with Gasteiger partial charge in [-0.15, -0.1) is 0 Å². The second-order valence-corrected chi connectivity index (χ2v) is 5.14. The van der Waals surface area contributed by atoms with E-state index in [0.717, 1.165) is 22.8 Å². The summed E-state index contributed by atoms with van der Waals surface area (Å²) in [5.41, 5.74) is 2.35. The molecule has 1 aromatic heterocycles. The molecular weight excluding hydrogens is 304 g/mol. The van der Waals surface area contributed by atoms with E-state index in [2.05, 4.69) is 9.97 Å². The lowest BCUT2D eigenvalue weighted by atomic mass is 10.1. The Balaban J connectivity index is 1.65. The molecule has 3 rings (SSSR count). The molecule has 2 aromatic carbocycles. The lowest BCUT2D eigenvalue weighted by Gasteiger charge is -2.04. The van der Waals surface area contributed by atoms with Crippen molar-refractivity contribution in [2.45, 2.75) is 13.5 Å². The van der Waals surface area contributed by atoms with Gasteiger partial charge in [-0.25, -0.2) is 9.78 Å². The summed E-state index contributed by atoms with van der Waals surface area (Å²) in [6.45, 7) is 2.52. The van der Waals surface area contributed by atoms with Crippen LogP contribution in [-0.4, -0.2) is 22.5 Å². The number of aromatic nitrogens is 2. The Bertz CT molecular complexity index is 795. The monoisotopic (exact) mass is 322 g/mol. The smallest absolute Gasteiger partial charge is 0.338 e. The van der Waals surface area contributed by atoms with E-state index in [1.807, 2.05) is 42.5 Å². The van der Waals surface area contributed by atoms with Crippen LogP contribution in [0.15, 0.2) is 60.8 Å². The van der Waals surface area contributed by atoms with E-state index in [9.17, 15) is 4.79 Å². The van der Waals surface area contributed by atoms with E-state index >= 15 is 0 Å². The number of rotatable bonds is 6. The number of para-hydroxylation sites is 1. The Morgan fingerprint density at radius 3 is 2.54 bits per heavy atom. The predicted molar refractivity (Wildman–Crippen MR) is 90.8 cm³/mol. The fourth-order valence-electron chi connectivity index (χ4n) is 2.25. The van der Waals surface area contributed by atoms with Crippen molar-refractivity contribution in [3.05, 3.63) is 72.2 Å². The molecule has 122 valence electrons. The number of ether oxygens (including phenoxy) is 2. The molecule has 0 atom stereocenters. The third-order valence-electron chi connectivity index (χ3n) is 3.45. The Kier molecular flexibility index (Phi) is 4.91. The molecule has 0 radical (unpaired) electrons. The first-order valence-electron chi connectivity index (χ1n) is 7.75. The van der Waals surface area contributed by atoms with Crippen LogP contribution in [-0.2, 0) is 11.3 Å². The van der Waals surface area contributed by atoms with Crippen LogP contribution in [0.3, 0.4) is 0 Å². The summed E-state index contributed by atoms with van der Waals surface area (Å²) in [4.78, 5) is 19.2. The van der Waals surface area contributed by atoms with Crippen LogP contribution < -0.4 is 4.74 Å². The fourth-order valence-corrected chi connectivity index (χ4v) is 2.25.